The highest BCUT2D eigenvalue weighted by Gasteiger charge is 2.46. The van der Waals surface area contributed by atoms with Crippen LogP contribution in [0, 0.1) is 0 Å². The Morgan fingerprint density at radius 2 is 1.43 bits per heavy atom. The van der Waals surface area contributed by atoms with Crippen LogP contribution in [0.4, 0.5) is 0 Å². The Balaban J connectivity index is 3.04. The van der Waals surface area contributed by atoms with E-state index in [0.29, 0.717) is 16.6 Å². The highest BCUT2D eigenvalue weighted by Crippen LogP contribution is 2.43. The topological polar surface area (TPSA) is 27.7 Å². The first-order valence-corrected chi connectivity index (χ1v) is 9.89. The molecule has 0 aliphatic heterocycles. The molecule has 120 valence electrons. The van der Waals surface area contributed by atoms with E-state index in [-0.39, 0.29) is 6.79 Å². The van der Waals surface area contributed by atoms with Crippen molar-refractivity contribution in [1.82, 2.24) is 0 Å². The van der Waals surface area contributed by atoms with Crippen LogP contribution in [0.3, 0.4) is 0 Å². The summed E-state index contributed by atoms with van der Waals surface area (Å²) >= 11 is 0. The maximum atomic E-state index is 6.63. The first kappa shape index (κ1) is 18.0. The predicted molar refractivity (Wildman–Crippen MR) is 90.6 cm³/mol. The average Bonchev–Trinajstić information content (AvgIpc) is 2.41. The molecule has 0 fully saturated rings. The van der Waals surface area contributed by atoms with E-state index in [1.807, 2.05) is 24.3 Å². The Labute approximate surface area is 130 Å². The summed E-state index contributed by atoms with van der Waals surface area (Å²) in [7, 11) is -0.290. The lowest BCUT2D eigenvalue weighted by Gasteiger charge is -2.42. The van der Waals surface area contributed by atoms with E-state index in [9.17, 15) is 0 Å². The van der Waals surface area contributed by atoms with Gasteiger partial charge in [-0.3, -0.25) is 0 Å². The van der Waals surface area contributed by atoms with Crippen molar-refractivity contribution in [3.8, 4) is 11.5 Å². The van der Waals surface area contributed by atoms with E-state index in [4.69, 9.17) is 13.9 Å². The second kappa shape index (κ2) is 7.85. The van der Waals surface area contributed by atoms with Crippen molar-refractivity contribution in [2.75, 3.05) is 13.9 Å². The molecule has 0 amide bonds. The van der Waals surface area contributed by atoms with Gasteiger partial charge in [-0.2, -0.15) is 0 Å². The SMILES string of the molecule is COCOc1cccc(O[Si](C(C)C)(C(C)C)C(C)C)c1. The van der Waals surface area contributed by atoms with Gasteiger partial charge in [-0.1, -0.05) is 47.6 Å². The summed E-state index contributed by atoms with van der Waals surface area (Å²) in [5.74, 6) is 1.69. The summed E-state index contributed by atoms with van der Waals surface area (Å²) in [4.78, 5) is 0. The molecular formula is C17H30O3Si. The molecular weight excluding hydrogens is 280 g/mol. The van der Waals surface area contributed by atoms with Crippen molar-refractivity contribution in [3.63, 3.8) is 0 Å². The van der Waals surface area contributed by atoms with Crippen LogP contribution < -0.4 is 9.16 Å². The van der Waals surface area contributed by atoms with E-state index >= 15 is 0 Å². The van der Waals surface area contributed by atoms with Crippen molar-refractivity contribution in [1.29, 1.82) is 0 Å². The van der Waals surface area contributed by atoms with Gasteiger partial charge in [0, 0.05) is 13.2 Å². The van der Waals surface area contributed by atoms with Gasteiger partial charge in [-0.15, -0.1) is 0 Å². The fourth-order valence-electron chi connectivity index (χ4n) is 3.31. The zero-order chi connectivity index (χ0) is 16.0. The molecule has 0 aromatic heterocycles. The monoisotopic (exact) mass is 310 g/mol. The number of hydrogen-bond donors (Lipinski definition) is 0. The molecule has 0 aliphatic rings. The lowest BCUT2D eigenvalue weighted by Crippen LogP contribution is -2.50. The molecule has 0 radical (unpaired) electrons. The molecule has 0 saturated carbocycles. The maximum absolute atomic E-state index is 6.63. The van der Waals surface area contributed by atoms with E-state index in [1.165, 1.54) is 0 Å². The molecule has 0 heterocycles. The quantitative estimate of drug-likeness (QED) is 0.486. The summed E-state index contributed by atoms with van der Waals surface area (Å²) in [5.41, 5.74) is 1.67. The number of ether oxygens (including phenoxy) is 2. The second-order valence-electron chi connectivity index (χ2n) is 6.45. The normalized spacial score (nSPS) is 12.3. The minimum absolute atomic E-state index is 0.255. The highest BCUT2D eigenvalue weighted by molar-refractivity contribution is 6.78. The Morgan fingerprint density at radius 1 is 0.905 bits per heavy atom. The van der Waals surface area contributed by atoms with Crippen LogP contribution in [-0.2, 0) is 4.74 Å². The third-order valence-corrected chi connectivity index (χ3v) is 10.2. The lowest BCUT2D eigenvalue weighted by molar-refractivity contribution is 0.0510. The van der Waals surface area contributed by atoms with Crippen LogP contribution >= 0.6 is 0 Å². The van der Waals surface area contributed by atoms with Crippen molar-refractivity contribution in [2.45, 2.75) is 58.2 Å². The molecule has 0 N–H and O–H groups in total. The third kappa shape index (κ3) is 4.24. The molecule has 0 spiro atoms. The molecule has 0 saturated heterocycles. The molecule has 4 heteroatoms. The van der Waals surface area contributed by atoms with Gasteiger partial charge in [0.25, 0.3) is 8.32 Å². The van der Waals surface area contributed by atoms with Crippen LogP contribution in [-0.4, -0.2) is 22.2 Å². The van der Waals surface area contributed by atoms with Crippen molar-refractivity contribution >= 4 is 8.32 Å². The van der Waals surface area contributed by atoms with Crippen molar-refractivity contribution in [3.05, 3.63) is 24.3 Å². The van der Waals surface area contributed by atoms with E-state index in [0.717, 1.165) is 11.5 Å². The van der Waals surface area contributed by atoms with Crippen LogP contribution in [0.25, 0.3) is 0 Å². The Morgan fingerprint density at radius 3 is 1.90 bits per heavy atom. The minimum Gasteiger partial charge on any atom is -0.543 e. The zero-order valence-electron chi connectivity index (χ0n) is 14.5. The van der Waals surface area contributed by atoms with Gasteiger partial charge in [-0.05, 0) is 28.8 Å². The fourth-order valence-corrected chi connectivity index (χ4v) is 8.55. The smallest absolute Gasteiger partial charge is 0.258 e. The summed E-state index contributed by atoms with van der Waals surface area (Å²) < 4.78 is 17.1. The van der Waals surface area contributed by atoms with E-state index in [2.05, 4.69) is 41.5 Å². The van der Waals surface area contributed by atoms with Crippen LogP contribution in [0.5, 0.6) is 11.5 Å². The lowest BCUT2D eigenvalue weighted by atomic mass is 10.3. The van der Waals surface area contributed by atoms with Crippen molar-refractivity contribution in [2.24, 2.45) is 0 Å². The van der Waals surface area contributed by atoms with Gasteiger partial charge in [0.2, 0.25) is 0 Å². The molecule has 0 unspecified atom stereocenters. The van der Waals surface area contributed by atoms with E-state index in [1.54, 1.807) is 7.11 Å². The summed E-state index contributed by atoms with van der Waals surface area (Å²) in [6.07, 6.45) is 0. The van der Waals surface area contributed by atoms with Gasteiger partial charge in [-0.25, -0.2) is 0 Å². The summed E-state index contributed by atoms with van der Waals surface area (Å²) in [5, 5.41) is 0. The fraction of sp³-hybridized carbons (Fsp3) is 0.647. The maximum Gasteiger partial charge on any atom is 0.258 e. The molecule has 0 bridgehead atoms. The number of rotatable bonds is 8. The zero-order valence-corrected chi connectivity index (χ0v) is 15.5. The first-order valence-electron chi connectivity index (χ1n) is 7.75. The minimum atomic E-state index is -1.91. The molecule has 3 nitrogen and oxygen atoms in total. The highest BCUT2D eigenvalue weighted by atomic mass is 28.4. The van der Waals surface area contributed by atoms with Crippen LogP contribution in [0.15, 0.2) is 24.3 Å². The number of hydrogen-bond acceptors (Lipinski definition) is 3. The van der Waals surface area contributed by atoms with Gasteiger partial charge >= 0.3 is 0 Å². The molecule has 0 atom stereocenters. The van der Waals surface area contributed by atoms with Gasteiger partial charge in [0.1, 0.15) is 11.5 Å². The largest absolute Gasteiger partial charge is 0.543 e. The molecule has 1 aromatic carbocycles. The first-order chi connectivity index (χ1) is 9.84. The van der Waals surface area contributed by atoms with Crippen LogP contribution in [0.2, 0.25) is 16.6 Å². The van der Waals surface area contributed by atoms with Gasteiger partial charge in [0.15, 0.2) is 6.79 Å². The molecule has 0 aliphatic carbocycles. The number of benzene rings is 1. The van der Waals surface area contributed by atoms with Crippen molar-refractivity contribution < 1.29 is 13.9 Å². The predicted octanol–water partition coefficient (Wildman–Crippen LogP) is 5.22. The summed E-state index contributed by atoms with van der Waals surface area (Å²) in [6.45, 7) is 14.0. The van der Waals surface area contributed by atoms with E-state index < -0.39 is 8.32 Å². The van der Waals surface area contributed by atoms with Gasteiger partial charge in [0.05, 0.1) is 0 Å². The second-order valence-corrected chi connectivity index (χ2v) is 11.8. The molecule has 1 rings (SSSR count). The Hall–Kier alpha value is -1.00. The summed E-state index contributed by atoms with van der Waals surface area (Å²) in [6, 6.07) is 7.89. The Kier molecular flexibility index (Phi) is 6.75. The average molecular weight is 311 g/mol. The third-order valence-electron chi connectivity index (χ3n) is 4.15. The molecule has 21 heavy (non-hydrogen) atoms. The standard InChI is InChI=1S/C17H30O3Si/c1-13(2)21(14(3)4,15(5)6)20-17-10-8-9-16(11-17)19-12-18-7/h8-11,13-15H,12H2,1-7H3. The van der Waals surface area contributed by atoms with Crippen LogP contribution in [0.1, 0.15) is 41.5 Å². The van der Waals surface area contributed by atoms with Gasteiger partial charge < -0.3 is 13.9 Å². The Bertz CT molecular complexity index is 408. The number of methoxy groups -OCH3 is 1. The molecule has 1 aromatic rings.